The number of pyridine rings is 1. The minimum absolute atomic E-state index is 0.259. The second kappa shape index (κ2) is 6.36. The van der Waals surface area contributed by atoms with Gasteiger partial charge in [-0.15, -0.1) is 0 Å². The van der Waals surface area contributed by atoms with Gasteiger partial charge in [0.15, 0.2) is 0 Å². The van der Waals surface area contributed by atoms with E-state index in [1.54, 1.807) is 27.0 Å². The Hall–Kier alpha value is -2.11. The largest absolute Gasteiger partial charge is 0.480 e. The fraction of sp³-hybridized carbons (Fsp3) is 0.500. The lowest BCUT2D eigenvalue weighted by Gasteiger charge is -2.27. The number of amides is 2. The van der Waals surface area contributed by atoms with Crippen LogP contribution in [0.2, 0.25) is 0 Å². The molecular formula is C14H21N3O3. The van der Waals surface area contributed by atoms with Crippen LogP contribution < -0.4 is 10.6 Å². The lowest BCUT2D eigenvalue weighted by Crippen LogP contribution is -2.52. The van der Waals surface area contributed by atoms with Gasteiger partial charge in [0.05, 0.1) is 12.2 Å². The summed E-state index contributed by atoms with van der Waals surface area (Å²) in [5.74, 6) is -1.05. The van der Waals surface area contributed by atoms with Crippen LogP contribution in [0.3, 0.4) is 0 Å². The Morgan fingerprint density at radius 3 is 2.55 bits per heavy atom. The average molecular weight is 279 g/mol. The summed E-state index contributed by atoms with van der Waals surface area (Å²) in [5, 5.41) is 14.2. The van der Waals surface area contributed by atoms with E-state index in [2.05, 4.69) is 15.6 Å². The van der Waals surface area contributed by atoms with Crippen LogP contribution in [-0.4, -0.2) is 28.1 Å². The third-order valence-corrected chi connectivity index (χ3v) is 2.92. The standard InChI is InChI=1S/C14H21N3O3/c1-9-6-5-7-15-10(9)8-16-13(20)17-11(12(18)19)14(2,3)4/h5-7,11H,8H2,1-4H3,(H,18,19)(H2,16,17,20)/t11-/m1/s1. The minimum atomic E-state index is -1.05. The molecule has 0 fully saturated rings. The topological polar surface area (TPSA) is 91.3 Å². The molecule has 0 aliphatic rings. The molecule has 1 heterocycles. The molecule has 1 aromatic rings. The van der Waals surface area contributed by atoms with Crippen LogP contribution in [0.1, 0.15) is 32.0 Å². The summed E-state index contributed by atoms with van der Waals surface area (Å²) in [6.07, 6.45) is 1.65. The van der Waals surface area contributed by atoms with Crippen LogP contribution in [0.4, 0.5) is 4.79 Å². The lowest BCUT2D eigenvalue weighted by atomic mass is 9.87. The van der Waals surface area contributed by atoms with E-state index in [4.69, 9.17) is 5.11 Å². The number of aryl methyl sites for hydroxylation is 1. The van der Waals surface area contributed by atoms with E-state index >= 15 is 0 Å². The van der Waals surface area contributed by atoms with Gasteiger partial charge >= 0.3 is 12.0 Å². The van der Waals surface area contributed by atoms with Crippen molar-refractivity contribution in [2.45, 2.75) is 40.3 Å². The SMILES string of the molecule is Cc1cccnc1CNC(=O)N[C@H](C(=O)O)C(C)(C)C. The van der Waals surface area contributed by atoms with Gasteiger partial charge in [0.2, 0.25) is 0 Å². The number of aromatic nitrogens is 1. The molecular weight excluding hydrogens is 258 g/mol. The van der Waals surface area contributed by atoms with E-state index < -0.39 is 23.5 Å². The molecule has 0 radical (unpaired) electrons. The maximum absolute atomic E-state index is 11.8. The van der Waals surface area contributed by atoms with Gasteiger partial charge < -0.3 is 15.7 Å². The first-order chi connectivity index (χ1) is 9.21. The van der Waals surface area contributed by atoms with Gasteiger partial charge in [-0.2, -0.15) is 0 Å². The van der Waals surface area contributed by atoms with Gasteiger partial charge in [0.1, 0.15) is 6.04 Å². The van der Waals surface area contributed by atoms with Crippen molar-refractivity contribution < 1.29 is 14.7 Å². The molecule has 0 bridgehead atoms. The number of aliphatic carboxylic acids is 1. The maximum Gasteiger partial charge on any atom is 0.326 e. The van der Waals surface area contributed by atoms with E-state index in [1.165, 1.54) is 0 Å². The molecule has 6 heteroatoms. The molecule has 0 spiro atoms. The van der Waals surface area contributed by atoms with Gasteiger partial charge in [0, 0.05) is 6.20 Å². The Bertz CT molecular complexity index is 495. The first-order valence-corrected chi connectivity index (χ1v) is 6.39. The summed E-state index contributed by atoms with van der Waals surface area (Å²) in [7, 11) is 0. The molecule has 1 atom stereocenters. The number of carbonyl (C=O) groups is 2. The second-order valence-electron chi connectivity index (χ2n) is 5.73. The molecule has 0 aromatic carbocycles. The molecule has 0 saturated heterocycles. The van der Waals surface area contributed by atoms with Crippen molar-refractivity contribution in [2.75, 3.05) is 0 Å². The molecule has 0 aliphatic heterocycles. The third-order valence-electron chi connectivity index (χ3n) is 2.92. The molecule has 3 N–H and O–H groups in total. The first kappa shape index (κ1) is 15.9. The molecule has 0 unspecified atom stereocenters. The summed E-state index contributed by atoms with van der Waals surface area (Å²) < 4.78 is 0. The van der Waals surface area contributed by atoms with Crippen LogP contribution >= 0.6 is 0 Å². The number of carboxylic acids is 1. The zero-order chi connectivity index (χ0) is 15.3. The fourth-order valence-electron chi connectivity index (χ4n) is 1.70. The molecule has 1 rings (SSSR count). The summed E-state index contributed by atoms with van der Waals surface area (Å²) in [6, 6.07) is 2.25. The smallest absolute Gasteiger partial charge is 0.326 e. The number of nitrogens with one attached hydrogen (secondary N) is 2. The molecule has 1 aromatic heterocycles. The van der Waals surface area contributed by atoms with Gasteiger partial charge in [-0.3, -0.25) is 4.98 Å². The van der Waals surface area contributed by atoms with E-state index in [1.807, 2.05) is 19.1 Å². The number of urea groups is 1. The first-order valence-electron chi connectivity index (χ1n) is 6.39. The number of carboxylic acid groups (broad SMARTS) is 1. The second-order valence-corrected chi connectivity index (χ2v) is 5.73. The van der Waals surface area contributed by atoms with Crippen LogP contribution in [0.15, 0.2) is 18.3 Å². The van der Waals surface area contributed by atoms with Crippen LogP contribution in [0, 0.1) is 12.3 Å². The highest BCUT2D eigenvalue weighted by Gasteiger charge is 2.32. The Labute approximate surface area is 118 Å². The van der Waals surface area contributed by atoms with E-state index in [-0.39, 0.29) is 6.54 Å². The van der Waals surface area contributed by atoms with E-state index in [0.717, 1.165) is 11.3 Å². The molecule has 6 nitrogen and oxygen atoms in total. The monoisotopic (exact) mass is 279 g/mol. The van der Waals surface area contributed by atoms with Crippen molar-refractivity contribution in [3.05, 3.63) is 29.6 Å². The lowest BCUT2D eigenvalue weighted by molar-refractivity contribution is -0.141. The minimum Gasteiger partial charge on any atom is -0.480 e. The van der Waals surface area contributed by atoms with Crippen molar-refractivity contribution >= 4 is 12.0 Å². The Morgan fingerprint density at radius 2 is 2.05 bits per heavy atom. The van der Waals surface area contributed by atoms with Crippen LogP contribution in [0.25, 0.3) is 0 Å². The maximum atomic E-state index is 11.8. The summed E-state index contributed by atoms with van der Waals surface area (Å²) >= 11 is 0. The molecule has 2 amide bonds. The number of rotatable bonds is 4. The summed E-state index contributed by atoms with van der Waals surface area (Å²) in [6.45, 7) is 7.44. The summed E-state index contributed by atoms with van der Waals surface area (Å²) in [5.41, 5.74) is 1.16. The van der Waals surface area contributed by atoms with Crippen LogP contribution in [-0.2, 0) is 11.3 Å². The zero-order valence-electron chi connectivity index (χ0n) is 12.2. The zero-order valence-corrected chi connectivity index (χ0v) is 12.2. The normalized spacial score (nSPS) is 12.6. The highest BCUT2D eigenvalue weighted by atomic mass is 16.4. The highest BCUT2D eigenvalue weighted by molar-refractivity contribution is 5.83. The number of nitrogens with zero attached hydrogens (tertiary/aromatic N) is 1. The van der Waals surface area contributed by atoms with Crippen molar-refractivity contribution in [1.82, 2.24) is 15.6 Å². The van der Waals surface area contributed by atoms with Crippen molar-refractivity contribution in [3.8, 4) is 0 Å². The van der Waals surface area contributed by atoms with Crippen molar-refractivity contribution in [3.63, 3.8) is 0 Å². The number of hydrogen-bond acceptors (Lipinski definition) is 3. The quantitative estimate of drug-likeness (QED) is 0.782. The molecule has 20 heavy (non-hydrogen) atoms. The van der Waals surface area contributed by atoms with E-state index in [0.29, 0.717) is 0 Å². The molecule has 0 aliphatic carbocycles. The summed E-state index contributed by atoms with van der Waals surface area (Å²) in [4.78, 5) is 27.1. The van der Waals surface area contributed by atoms with Gasteiger partial charge in [0.25, 0.3) is 0 Å². The van der Waals surface area contributed by atoms with Crippen molar-refractivity contribution in [1.29, 1.82) is 0 Å². The fourth-order valence-corrected chi connectivity index (χ4v) is 1.70. The van der Waals surface area contributed by atoms with Gasteiger partial charge in [-0.05, 0) is 24.0 Å². The number of carbonyl (C=O) groups excluding carboxylic acids is 1. The molecule has 110 valence electrons. The van der Waals surface area contributed by atoms with Gasteiger partial charge in [-0.1, -0.05) is 26.8 Å². The Morgan fingerprint density at radius 1 is 1.40 bits per heavy atom. The third kappa shape index (κ3) is 4.53. The molecule has 0 saturated carbocycles. The van der Waals surface area contributed by atoms with Crippen LogP contribution in [0.5, 0.6) is 0 Å². The average Bonchev–Trinajstić information content (AvgIpc) is 2.33. The van der Waals surface area contributed by atoms with Crippen molar-refractivity contribution in [2.24, 2.45) is 5.41 Å². The highest BCUT2D eigenvalue weighted by Crippen LogP contribution is 2.19. The van der Waals surface area contributed by atoms with E-state index in [9.17, 15) is 9.59 Å². The predicted octanol–water partition coefficient (Wildman–Crippen LogP) is 1.69. The Kier molecular flexibility index (Phi) is 5.07. The van der Waals surface area contributed by atoms with Gasteiger partial charge in [-0.25, -0.2) is 9.59 Å². The Balaban J connectivity index is 2.60. The predicted molar refractivity (Wildman–Crippen MR) is 75.2 cm³/mol. The number of hydrogen-bond donors (Lipinski definition) is 3.